The highest BCUT2D eigenvalue weighted by molar-refractivity contribution is 7.92. The van der Waals surface area contributed by atoms with Gasteiger partial charge in [0.05, 0.1) is 27.3 Å². The van der Waals surface area contributed by atoms with E-state index in [-0.39, 0.29) is 52.4 Å². The molecule has 1 amide bonds. The number of nitrogens with zero attached hydrogens (tertiary/aromatic N) is 1. The minimum Gasteiger partial charge on any atom is -0.387 e. The normalized spacial score (nSPS) is 26.3. The number of hydrogen-bond acceptors (Lipinski definition) is 5. The SMILES string of the molecule is C=NCC1(O)C2CCC1CC(S(=O)(=O)c1cc(C(=O)Nc3cc(F)c(F)c(F)c3)ccc1Cl)C2. The van der Waals surface area contributed by atoms with Crippen LogP contribution in [0.15, 0.2) is 40.2 Å². The Bertz CT molecular complexity index is 1230. The van der Waals surface area contributed by atoms with E-state index in [1.54, 1.807) is 0 Å². The zero-order valence-electron chi connectivity index (χ0n) is 17.9. The average molecular weight is 515 g/mol. The lowest BCUT2D eigenvalue weighted by molar-refractivity contribution is -0.0491. The van der Waals surface area contributed by atoms with Gasteiger partial charge in [-0.05, 0) is 62.4 Å². The molecule has 0 aliphatic heterocycles. The molecule has 6 nitrogen and oxygen atoms in total. The molecule has 0 heterocycles. The number of carbonyl (C=O) groups is 1. The third-order valence-corrected chi connectivity index (χ3v) is 9.57. The minimum atomic E-state index is -3.97. The number of rotatable bonds is 6. The highest BCUT2D eigenvalue weighted by atomic mass is 35.5. The van der Waals surface area contributed by atoms with Crippen LogP contribution in [0.25, 0.3) is 0 Å². The molecule has 2 aromatic rings. The van der Waals surface area contributed by atoms with Gasteiger partial charge in [0.15, 0.2) is 27.3 Å². The summed E-state index contributed by atoms with van der Waals surface area (Å²) in [6.07, 6.45) is 1.82. The first-order chi connectivity index (χ1) is 16.0. The van der Waals surface area contributed by atoms with E-state index in [1.807, 2.05) is 0 Å². The van der Waals surface area contributed by atoms with Crippen molar-refractivity contribution in [3.63, 3.8) is 0 Å². The van der Waals surface area contributed by atoms with Crippen molar-refractivity contribution in [2.75, 3.05) is 11.9 Å². The van der Waals surface area contributed by atoms with Gasteiger partial charge in [-0.15, -0.1) is 0 Å². The number of benzene rings is 2. The molecule has 2 aromatic carbocycles. The van der Waals surface area contributed by atoms with Crippen LogP contribution in [0.5, 0.6) is 0 Å². The number of amides is 1. The first-order valence-electron chi connectivity index (χ1n) is 10.6. The Morgan fingerprint density at radius 3 is 2.29 bits per heavy atom. The second kappa shape index (κ2) is 8.98. The molecule has 34 heavy (non-hydrogen) atoms. The molecule has 2 bridgehead atoms. The standard InChI is InChI=1S/C23H22ClF3N2O4S/c1-28-11-23(31)13-3-4-14(23)8-16(7-13)34(32,33)20-6-12(2-5-17(20)24)22(30)29-15-9-18(25)21(27)19(26)10-15/h2,5-6,9-10,13-14,16,31H,1,3-4,7-8,11H2,(H,29,30). The summed E-state index contributed by atoms with van der Waals surface area (Å²) in [6.45, 7) is 3.60. The van der Waals surface area contributed by atoms with Crippen molar-refractivity contribution < 1.29 is 31.5 Å². The predicted octanol–water partition coefficient (Wildman–Crippen LogP) is 4.40. The summed E-state index contributed by atoms with van der Waals surface area (Å²) >= 11 is 6.19. The number of carbonyl (C=O) groups excluding carboxylic acids is 1. The van der Waals surface area contributed by atoms with Crippen LogP contribution in [0, 0.1) is 29.3 Å². The van der Waals surface area contributed by atoms with Gasteiger partial charge in [0, 0.05) is 23.4 Å². The van der Waals surface area contributed by atoms with Gasteiger partial charge in [-0.1, -0.05) is 11.6 Å². The molecule has 2 aliphatic carbocycles. The number of aliphatic hydroxyl groups is 1. The molecule has 2 saturated carbocycles. The largest absolute Gasteiger partial charge is 0.387 e. The maximum atomic E-state index is 13.5. The molecule has 182 valence electrons. The van der Waals surface area contributed by atoms with E-state index in [0.717, 1.165) is 6.07 Å². The van der Waals surface area contributed by atoms with Gasteiger partial charge in [0.2, 0.25) is 0 Å². The summed E-state index contributed by atoms with van der Waals surface area (Å²) in [5, 5.41) is 12.4. The molecular formula is C23H22ClF3N2O4S. The van der Waals surface area contributed by atoms with Crippen LogP contribution in [0.1, 0.15) is 36.0 Å². The zero-order chi connectivity index (χ0) is 24.8. The summed E-state index contributed by atoms with van der Waals surface area (Å²) in [5.41, 5.74) is -1.52. The Balaban J connectivity index is 1.60. The van der Waals surface area contributed by atoms with E-state index in [9.17, 15) is 31.5 Å². The molecule has 0 spiro atoms. The summed E-state index contributed by atoms with van der Waals surface area (Å²) < 4.78 is 67.0. The van der Waals surface area contributed by atoms with Crippen molar-refractivity contribution >= 4 is 39.8 Å². The second-order valence-electron chi connectivity index (χ2n) is 8.84. The van der Waals surface area contributed by atoms with Crippen molar-refractivity contribution in [2.24, 2.45) is 16.8 Å². The lowest BCUT2D eigenvalue weighted by Gasteiger charge is -2.41. The molecule has 4 rings (SSSR count). The molecular weight excluding hydrogens is 493 g/mol. The van der Waals surface area contributed by atoms with Crippen LogP contribution >= 0.6 is 11.6 Å². The number of halogens is 4. The minimum absolute atomic E-state index is 0.0728. The molecule has 2 aliphatic rings. The molecule has 2 unspecified atom stereocenters. The number of nitrogens with one attached hydrogen (secondary N) is 1. The van der Waals surface area contributed by atoms with Gasteiger partial charge >= 0.3 is 0 Å². The average Bonchev–Trinajstić information content (AvgIpc) is 2.93. The van der Waals surface area contributed by atoms with Gasteiger partial charge in [0.1, 0.15) is 0 Å². The fourth-order valence-corrected chi connectivity index (χ4v) is 7.58. The molecule has 0 radical (unpaired) electrons. The lowest BCUT2D eigenvalue weighted by Crippen LogP contribution is -2.50. The second-order valence-corrected chi connectivity index (χ2v) is 11.4. The Kier molecular flexibility index (Phi) is 6.52. The summed E-state index contributed by atoms with van der Waals surface area (Å²) in [4.78, 5) is 16.2. The zero-order valence-corrected chi connectivity index (χ0v) is 19.5. The fraction of sp³-hybridized carbons (Fsp3) is 0.391. The van der Waals surface area contributed by atoms with Crippen molar-refractivity contribution in [1.29, 1.82) is 0 Å². The van der Waals surface area contributed by atoms with E-state index in [4.69, 9.17) is 11.6 Å². The Morgan fingerprint density at radius 1 is 1.15 bits per heavy atom. The summed E-state index contributed by atoms with van der Waals surface area (Å²) in [5.74, 6) is -5.97. The van der Waals surface area contributed by atoms with Crippen molar-refractivity contribution in [3.05, 3.63) is 58.4 Å². The molecule has 2 atom stereocenters. The summed E-state index contributed by atoms with van der Waals surface area (Å²) in [6, 6.07) is 4.86. The maximum absolute atomic E-state index is 13.5. The van der Waals surface area contributed by atoms with Gasteiger partial charge in [-0.2, -0.15) is 0 Å². The molecule has 2 fully saturated rings. The number of aliphatic imine (C=N–C) groups is 1. The van der Waals surface area contributed by atoms with E-state index >= 15 is 0 Å². The van der Waals surface area contributed by atoms with Crippen LogP contribution in [-0.2, 0) is 9.84 Å². The molecule has 11 heteroatoms. The van der Waals surface area contributed by atoms with Gasteiger partial charge in [-0.25, -0.2) is 21.6 Å². The third kappa shape index (κ3) is 4.23. The molecule has 0 saturated heterocycles. The van der Waals surface area contributed by atoms with Crippen LogP contribution in [0.2, 0.25) is 5.02 Å². The van der Waals surface area contributed by atoms with E-state index in [0.29, 0.717) is 25.0 Å². The van der Waals surface area contributed by atoms with Crippen LogP contribution in [0.3, 0.4) is 0 Å². The topological polar surface area (TPSA) is 95.8 Å². The van der Waals surface area contributed by atoms with E-state index in [2.05, 4.69) is 17.0 Å². The Hall–Kier alpha value is -2.43. The van der Waals surface area contributed by atoms with Gasteiger partial charge in [-0.3, -0.25) is 9.79 Å². The smallest absolute Gasteiger partial charge is 0.255 e. The third-order valence-electron chi connectivity index (χ3n) is 6.92. The maximum Gasteiger partial charge on any atom is 0.255 e. The van der Waals surface area contributed by atoms with Crippen LogP contribution in [0.4, 0.5) is 18.9 Å². The van der Waals surface area contributed by atoms with Gasteiger partial charge in [0.25, 0.3) is 5.91 Å². The van der Waals surface area contributed by atoms with Crippen molar-refractivity contribution in [3.8, 4) is 0 Å². The van der Waals surface area contributed by atoms with E-state index in [1.165, 1.54) is 12.1 Å². The first-order valence-corrected chi connectivity index (χ1v) is 12.5. The van der Waals surface area contributed by atoms with Crippen molar-refractivity contribution in [2.45, 2.75) is 41.4 Å². The Morgan fingerprint density at radius 2 is 1.74 bits per heavy atom. The van der Waals surface area contributed by atoms with E-state index < -0.39 is 44.0 Å². The van der Waals surface area contributed by atoms with Crippen molar-refractivity contribution in [1.82, 2.24) is 0 Å². The van der Waals surface area contributed by atoms with Crippen LogP contribution < -0.4 is 5.32 Å². The number of hydrogen-bond donors (Lipinski definition) is 2. The monoisotopic (exact) mass is 514 g/mol. The number of sulfone groups is 1. The number of anilines is 1. The fourth-order valence-electron chi connectivity index (χ4n) is 5.17. The molecule has 0 aromatic heterocycles. The lowest BCUT2D eigenvalue weighted by atomic mass is 9.74. The summed E-state index contributed by atoms with van der Waals surface area (Å²) in [7, 11) is -3.97. The first kappa shape index (κ1) is 24.7. The van der Waals surface area contributed by atoms with Gasteiger partial charge < -0.3 is 10.4 Å². The highest BCUT2D eigenvalue weighted by Gasteiger charge is 2.55. The number of fused-ring (bicyclic) bond motifs is 2. The highest BCUT2D eigenvalue weighted by Crippen LogP contribution is 2.52. The Labute approximate surface area is 199 Å². The predicted molar refractivity (Wildman–Crippen MR) is 122 cm³/mol. The quantitative estimate of drug-likeness (QED) is 0.441. The molecule has 2 N–H and O–H groups in total. The van der Waals surface area contributed by atoms with Crippen LogP contribution in [-0.4, -0.2) is 43.5 Å².